The van der Waals surface area contributed by atoms with Crippen molar-refractivity contribution in [2.45, 2.75) is 6.42 Å². The highest BCUT2D eigenvalue weighted by atomic mass is 16.3. The van der Waals surface area contributed by atoms with E-state index in [1.165, 1.54) is 0 Å². The molecule has 0 saturated heterocycles. The molecule has 1 N–H and O–H groups in total. The van der Waals surface area contributed by atoms with Crippen molar-refractivity contribution in [3.05, 3.63) is 42.1 Å². The predicted octanol–water partition coefficient (Wildman–Crippen LogP) is 1.54. The largest absolute Gasteiger partial charge is 0.468 e. The van der Waals surface area contributed by atoms with Gasteiger partial charge in [0.25, 0.3) is 0 Å². The topological polar surface area (TPSA) is 67.6 Å². The highest BCUT2D eigenvalue weighted by Crippen LogP contribution is 2.21. The Balaban J connectivity index is 2.05. The highest BCUT2D eigenvalue weighted by molar-refractivity contribution is 5.84. The van der Waals surface area contributed by atoms with Crippen molar-refractivity contribution < 1.29 is 4.42 Å². The molecule has 1 aromatic carbocycles. The number of aromatic nitrogens is 4. The van der Waals surface area contributed by atoms with Gasteiger partial charge in [-0.05, 0) is 0 Å². The molecule has 0 spiro atoms. The molecule has 0 saturated carbocycles. The van der Waals surface area contributed by atoms with Crippen molar-refractivity contribution in [1.29, 1.82) is 0 Å². The summed E-state index contributed by atoms with van der Waals surface area (Å²) in [5, 5.41) is 15.9. The van der Waals surface area contributed by atoms with Gasteiger partial charge in [-0.25, -0.2) is 0 Å². The maximum absolute atomic E-state index is 5.47. The zero-order valence-corrected chi connectivity index (χ0v) is 7.84. The van der Waals surface area contributed by atoms with Crippen LogP contribution in [0, 0.1) is 0 Å². The Kier molecular flexibility index (Phi) is 1.74. The predicted molar refractivity (Wildman–Crippen MR) is 53.2 cm³/mol. The monoisotopic (exact) mass is 200 g/mol. The normalized spacial score (nSPS) is 10.9. The van der Waals surface area contributed by atoms with Crippen molar-refractivity contribution in [2.24, 2.45) is 0 Å². The van der Waals surface area contributed by atoms with E-state index in [0.717, 1.165) is 16.5 Å². The summed E-state index contributed by atoms with van der Waals surface area (Å²) in [5.41, 5.74) is 0. The lowest BCUT2D eigenvalue weighted by atomic mass is 10.1. The second kappa shape index (κ2) is 3.20. The fourth-order valence-corrected chi connectivity index (χ4v) is 1.59. The number of hydrogen-bond acceptors (Lipinski definition) is 4. The first-order valence-corrected chi connectivity index (χ1v) is 4.61. The molecule has 5 heteroatoms. The zero-order chi connectivity index (χ0) is 10.1. The molecule has 0 radical (unpaired) electrons. The third-order valence-electron chi connectivity index (χ3n) is 2.30. The summed E-state index contributed by atoms with van der Waals surface area (Å²) in [6, 6.07) is 8.00. The van der Waals surface area contributed by atoms with Crippen LogP contribution in [-0.2, 0) is 6.42 Å². The van der Waals surface area contributed by atoms with Crippen LogP contribution in [0.2, 0.25) is 0 Å². The summed E-state index contributed by atoms with van der Waals surface area (Å²) < 4.78 is 5.47. The molecule has 0 bridgehead atoms. The number of fused-ring (bicyclic) bond motifs is 1. The Hall–Kier alpha value is -2.17. The first kappa shape index (κ1) is 8.16. The SMILES string of the molecule is c1ccc2c(Cc3nn[nH]n3)occ2c1. The average Bonchev–Trinajstić information content (AvgIpc) is 2.89. The summed E-state index contributed by atoms with van der Waals surface area (Å²) in [6.45, 7) is 0. The molecule has 3 rings (SSSR count). The molecule has 5 nitrogen and oxygen atoms in total. The number of rotatable bonds is 2. The fourth-order valence-electron chi connectivity index (χ4n) is 1.59. The summed E-state index contributed by atoms with van der Waals surface area (Å²) in [7, 11) is 0. The molecule has 0 aliphatic heterocycles. The van der Waals surface area contributed by atoms with E-state index in [1.54, 1.807) is 6.26 Å². The second-order valence-corrected chi connectivity index (χ2v) is 3.25. The Bertz CT molecular complexity index is 570. The molecule has 0 fully saturated rings. The van der Waals surface area contributed by atoms with Crippen molar-refractivity contribution >= 4 is 10.8 Å². The lowest BCUT2D eigenvalue weighted by Crippen LogP contribution is -1.89. The minimum absolute atomic E-state index is 0.560. The number of furan rings is 1. The molecule has 0 aliphatic carbocycles. The smallest absolute Gasteiger partial charge is 0.182 e. The van der Waals surface area contributed by atoms with Crippen LogP contribution in [0.5, 0.6) is 0 Å². The third-order valence-corrected chi connectivity index (χ3v) is 2.30. The number of aromatic amines is 1. The summed E-state index contributed by atoms with van der Waals surface area (Å²) in [5.74, 6) is 1.50. The van der Waals surface area contributed by atoms with Crippen molar-refractivity contribution in [2.75, 3.05) is 0 Å². The van der Waals surface area contributed by atoms with Gasteiger partial charge in [-0.15, -0.1) is 10.2 Å². The second-order valence-electron chi connectivity index (χ2n) is 3.25. The molecule has 15 heavy (non-hydrogen) atoms. The molecule has 0 amide bonds. The van der Waals surface area contributed by atoms with Gasteiger partial charge < -0.3 is 4.42 Å². The van der Waals surface area contributed by atoms with E-state index in [2.05, 4.69) is 20.6 Å². The van der Waals surface area contributed by atoms with E-state index in [0.29, 0.717) is 12.2 Å². The van der Waals surface area contributed by atoms with Gasteiger partial charge in [0.05, 0.1) is 12.7 Å². The number of hydrogen-bond donors (Lipinski definition) is 1. The molecule has 0 atom stereocenters. The lowest BCUT2D eigenvalue weighted by Gasteiger charge is -1.91. The maximum atomic E-state index is 5.47. The van der Waals surface area contributed by atoms with Crippen molar-refractivity contribution in [3.8, 4) is 0 Å². The average molecular weight is 200 g/mol. The highest BCUT2D eigenvalue weighted by Gasteiger charge is 2.08. The molecule has 0 aliphatic rings. The van der Waals surface area contributed by atoms with E-state index in [4.69, 9.17) is 4.42 Å². The summed E-state index contributed by atoms with van der Waals surface area (Å²) in [6.07, 6.45) is 2.30. The van der Waals surface area contributed by atoms with Gasteiger partial charge in [0.1, 0.15) is 5.76 Å². The number of tetrazole rings is 1. The van der Waals surface area contributed by atoms with E-state index in [-0.39, 0.29) is 0 Å². The third kappa shape index (κ3) is 1.38. The number of nitrogens with zero attached hydrogens (tertiary/aromatic N) is 3. The van der Waals surface area contributed by atoms with Crippen molar-refractivity contribution in [1.82, 2.24) is 20.6 Å². The van der Waals surface area contributed by atoms with Gasteiger partial charge in [0, 0.05) is 10.8 Å². The Morgan fingerprint density at radius 2 is 2.20 bits per heavy atom. The van der Waals surface area contributed by atoms with E-state index < -0.39 is 0 Å². The minimum atomic E-state index is 0.560. The van der Waals surface area contributed by atoms with E-state index in [9.17, 15) is 0 Å². The van der Waals surface area contributed by atoms with Gasteiger partial charge >= 0.3 is 0 Å². The zero-order valence-electron chi connectivity index (χ0n) is 7.84. The van der Waals surface area contributed by atoms with Crippen LogP contribution >= 0.6 is 0 Å². The molecule has 74 valence electrons. The quantitative estimate of drug-likeness (QED) is 0.681. The number of nitrogens with one attached hydrogen (secondary N) is 1. The van der Waals surface area contributed by atoms with E-state index in [1.807, 2.05) is 24.3 Å². The lowest BCUT2D eigenvalue weighted by molar-refractivity contribution is 0.522. The first-order valence-electron chi connectivity index (χ1n) is 4.61. The van der Waals surface area contributed by atoms with Crippen LogP contribution in [-0.4, -0.2) is 20.6 Å². The van der Waals surface area contributed by atoms with Gasteiger partial charge in [-0.3, -0.25) is 0 Å². The Morgan fingerprint density at radius 3 is 3.07 bits per heavy atom. The molecule has 2 heterocycles. The van der Waals surface area contributed by atoms with Gasteiger partial charge in [-0.2, -0.15) is 5.21 Å². The van der Waals surface area contributed by atoms with Crippen LogP contribution in [0.4, 0.5) is 0 Å². The van der Waals surface area contributed by atoms with Gasteiger partial charge in [0.2, 0.25) is 0 Å². The molecular weight excluding hydrogens is 192 g/mol. The molecular formula is C10H8N4O. The fraction of sp³-hybridized carbons (Fsp3) is 0.100. The molecule has 2 aromatic heterocycles. The first-order chi connectivity index (χ1) is 7.43. The van der Waals surface area contributed by atoms with Crippen LogP contribution in [0.3, 0.4) is 0 Å². The standard InChI is InChI=1S/C10H8N4O/c1-2-4-8-7(3-1)6-15-9(8)5-10-11-13-14-12-10/h1-4,6H,5H2,(H,11,12,13,14). The Labute approximate surface area is 85.1 Å². The maximum Gasteiger partial charge on any atom is 0.182 e. The van der Waals surface area contributed by atoms with Gasteiger partial charge in [-0.1, -0.05) is 29.5 Å². The van der Waals surface area contributed by atoms with E-state index >= 15 is 0 Å². The van der Waals surface area contributed by atoms with Crippen LogP contribution < -0.4 is 0 Å². The number of benzene rings is 1. The van der Waals surface area contributed by atoms with Crippen molar-refractivity contribution in [3.63, 3.8) is 0 Å². The number of H-pyrrole nitrogens is 1. The van der Waals surface area contributed by atoms with Gasteiger partial charge in [0.15, 0.2) is 5.82 Å². The summed E-state index contributed by atoms with van der Waals surface area (Å²) >= 11 is 0. The Morgan fingerprint density at radius 1 is 1.27 bits per heavy atom. The van der Waals surface area contributed by atoms with Crippen LogP contribution in [0.1, 0.15) is 11.6 Å². The van der Waals surface area contributed by atoms with Crippen LogP contribution in [0.15, 0.2) is 34.9 Å². The van der Waals surface area contributed by atoms with Crippen LogP contribution in [0.25, 0.3) is 10.8 Å². The molecule has 3 aromatic rings. The molecule has 0 unspecified atom stereocenters. The minimum Gasteiger partial charge on any atom is -0.468 e. The summed E-state index contributed by atoms with van der Waals surface area (Å²) in [4.78, 5) is 0.